The molecule has 0 amide bonds. The zero-order valence-electron chi connectivity index (χ0n) is 15.3. The van der Waals surface area contributed by atoms with Crippen LogP contribution in [0.4, 0.5) is 18.9 Å². The molecule has 1 aliphatic rings. The highest BCUT2D eigenvalue weighted by atomic mass is 19.4. The van der Waals surface area contributed by atoms with Gasteiger partial charge in [-0.3, -0.25) is 4.90 Å². The van der Waals surface area contributed by atoms with Gasteiger partial charge in [-0.15, -0.1) is 0 Å². The molecule has 4 rings (SSSR count). The maximum atomic E-state index is 12.9. The fourth-order valence-corrected chi connectivity index (χ4v) is 3.49. The Labute approximate surface area is 161 Å². The van der Waals surface area contributed by atoms with Gasteiger partial charge < -0.3 is 9.47 Å². The fraction of sp³-hybridized carbons (Fsp3) is 0.286. The van der Waals surface area contributed by atoms with E-state index in [-0.39, 0.29) is 0 Å². The van der Waals surface area contributed by atoms with Crippen LogP contribution in [0.15, 0.2) is 67.3 Å². The van der Waals surface area contributed by atoms with E-state index < -0.39 is 11.7 Å². The van der Waals surface area contributed by atoms with Crippen molar-refractivity contribution in [2.75, 3.05) is 31.1 Å². The third-order valence-electron chi connectivity index (χ3n) is 5.06. The lowest BCUT2D eigenvalue weighted by Crippen LogP contribution is -2.46. The number of anilines is 1. The van der Waals surface area contributed by atoms with Gasteiger partial charge >= 0.3 is 6.18 Å². The predicted molar refractivity (Wildman–Crippen MR) is 102 cm³/mol. The summed E-state index contributed by atoms with van der Waals surface area (Å²) >= 11 is 0. The minimum Gasteiger partial charge on any atom is -0.369 e. The number of benzene rings is 2. The summed E-state index contributed by atoms with van der Waals surface area (Å²) in [5.74, 6) is 0. The maximum Gasteiger partial charge on any atom is 0.416 e. The van der Waals surface area contributed by atoms with E-state index in [9.17, 15) is 13.2 Å². The van der Waals surface area contributed by atoms with Crippen LogP contribution in [-0.4, -0.2) is 40.6 Å². The van der Waals surface area contributed by atoms with E-state index in [0.717, 1.165) is 31.4 Å². The van der Waals surface area contributed by atoms with Crippen LogP contribution in [-0.2, 0) is 12.7 Å². The second-order valence-corrected chi connectivity index (χ2v) is 6.95. The van der Waals surface area contributed by atoms with Gasteiger partial charge in [-0.05, 0) is 35.9 Å². The average molecular weight is 386 g/mol. The van der Waals surface area contributed by atoms with Crippen molar-refractivity contribution < 1.29 is 13.2 Å². The van der Waals surface area contributed by atoms with Crippen LogP contribution in [0.5, 0.6) is 0 Å². The van der Waals surface area contributed by atoms with Crippen molar-refractivity contribution in [1.29, 1.82) is 0 Å². The molecule has 1 aromatic heterocycles. The highest BCUT2D eigenvalue weighted by Gasteiger charge is 2.31. The summed E-state index contributed by atoms with van der Waals surface area (Å²) in [6.45, 7) is 3.91. The zero-order valence-corrected chi connectivity index (χ0v) is 15.3. The fourth-order valence-electron chi connectivity index (χ4n) is 3.49. The molecule has 146 valence electrons. The molecule has 2 heterocycles. The Balaban J connectivity index is 1.34. The Morgan fingerprint density at radius 3 is 2.29 bits per heavy atom. The van der Waals surface area contributed by atoms with Gasteiger partial charge in [-0.1, -0.05) is 18.2 Å². The molecule has 0 atom stereocenters. The number of hydrogen-bond acceptors (Lipinski definition) is 3. The molecule has 0 aliphatic carbocycles. The van der Waals surface area contributed by atoms with Gasteiger partial charge in [0, 0.05) is 56.5 Å². The maximum absolute atomic E-state index is 12.9. The van der Waals surface area contributed by atoms with Crippen LogP contribution in [0.3, 0.4) is 0 Å². The largest absolute Gasteiger partial charge is 0.416 e. The molecule has 1 aliphatic heterocycles. The third kappa shape index (κ3) is 4.20. The second kappa shape index (κ2) is 7.67. The van der Waals surface area contributed by atoms with E-state index in [0.29, 0.717) is 18.8 Å². The standard InChI is InChI=1S/C21H21F3N4/c22-21(23,24)18-2-1-3-20(14-18)27-12-10-26(11-13-27)15-17-4-6-19(7-5-17)28-9-8-25-16-28/h1-9,14,16H,10-13,15H2. The third-order valence-corrected chi connectivity index (χ3v) is 5.06. The van der Waals surface area contributed by atoms with E-state index in [1.54, 1.807) is 18.6 Å². The minimum atomic E-state index is -4.30. The highest BCUT2D eigenvalue weighted by Crippen LogP contribution is 2.32. The smallest absolute Gasteiger partial charge is 0.369 e. The number of alkyl halides is 3. The van der Waals surface area contributed by atoms with Gasteiger partial charge in [-0.2, -0.15) is 13.2 Å². The molecular formula is C21H21F3N4. The van der Waals surface area contributed by atoms with E-state index in [4.69, 9.17) is 0 Å². The number of imidazole rings is 1. The molecule has 0 bridgehead atoms. The molecule has 0 unspecified atom stereocenters. The van der Waals surface area contributed by atoms with Crippen molar-refractivity contribution in [2.24, 2.45) is 0 Å². The number of piperazine rings is 1. The Kier molecular flexibility index (Phi) is 5.09. The number of rotatable bonds is 4. The SMILES string of the molecule is FC(F)(F)c1cccc(N2CCN(Cc3ccc(-n4ccnc4)cc3)CC2)c1. The Hall–Kier alpha value is -2.80. The molecule has 1 saturated heterocycles. The Morgan fingerprint density at radius 1 is 0.893 bits per heavy atom. The molecule has 0 radical (unpaired) electrons. The number of aromatic nitrogens is 2. The van der Waals surface area contributed by atoms with Gasteiger partial charge in [0.25, 0.3) is 0 Å². The summed E-state index contributed by atoms with van der Waals surface area (Å²) in [4.78, 5) is 8.40. The number of hydrogen-bond donors (Lipinski definition) is 0. The molecule has 0 N–H and O–H groups in total. The summed E-state index contributed by atoms with van der Waals surface area (Å²) in [6.07, 6.45) is 1.11. The minimum absolute atomic E-state index is 0.592. The van der Waals surface area contributed by atoms with Crippen LogP contribution < -0.4 is 4.90 Å². The van der Waals surface area contributed by atoms with Crippen LogP contribution in [0.2, 0.25) is 0 Å². The predicted octanol–water partition coefficient (Wildman–Crippen LogP) is 4.21. The lowest BCUT2D eigenvalue weighted by atomic mass is 10.1. The molecule has 28 heavy (non-hydrogen) atoms. The van der Waals surface area contributed by atoms with E-state index in [1.807, 2.05) is 15.7 Å². The van der Waals surface area contributed by atoms with E-state index >= 15 is 0 Å². The summed E-state index contributed by atoms with van der Waals surface area (Å²) in [5, 5.41) is 0. The Bertz CT molecular complexity index is 896. The van der Waals surface area contributed by atoms with Crippen molar-refractivity contribution >= 4 is 5.69 Å². The number of halogens is 3. The molecule has 0 spiro atoms. The van der Waals surface area contributed by atoms with Crippen molar-refractivity contribution in [1.82, 2.24) is 14.5 Å². The molecule has 7 heteroatoms. The van der Waals surface area contributed by atoms with Crippen LogP contribution in [0.1, 0.15) is 11.1 Å². The highest BCUT2D eigenvalue weighted by molar-refractivity contribution is 5.49. The molecule has 1 fully saturated rings. The van der Waals surface area contributed by atoms with Gasteiger partial charge in [0.15, 0.2) is 0 Å². The molecule has 3 aromatic rings. The first-order valence-electron chi connectivity index (χ1n) is 9.21. The van der Waals surface area contributed by atoms with Gasteiger partial charge in [-0.25, -0.2) is 4.98 Å². The topological polar surface area (TPSA) is 24.3 Å². The van der Waals surface area contributed by atoms with Gasteiger partial charge in [0.05, 0.1) is 11.9 Å². The van der Waals surface area contributed by atoms with Gasteiger partial charge in [0.2, 0.25) is 0 Å². The number of nitrogens with zero attached hydrogens (tertiary/aromatic N) is 4. The molecular weight excluding hydrogens is 365 g/mol. The molecule has 0 saturated carbocycles. The quantitative estimate of drug-likeness (QED) is 0.671. The van der Waals surface area contributed by atoms with Crippen molar-refractivity contribution in [3.8, 4) is 5.69 Å². The van der Waals surface area contributed by atoms with E-state index in [1.165, 1.54) is 17.7 Å². The monoisotopic (exact) mass is 386 g/mol. The molecule has 4 nitrogen and oxygen atoms in total. The Morgan fingerprint density at radius 2 is 1.64 bits per heavy atom. The lowest BCUT2D eigenvalue weighted by molar-refractivity contribution is -0.137. The summed E-state index contributed by atoms with van der Waals surface area (Å²) in [6, 6.07) is 13.9. The summed E-state index contributed by atoms with van der Waals surface area (Å²) < 4.78 is 40.7. The first-order chi connectivity index (χ1) is 13.5. The molecule has 2 aromatic carbocycles. The van der Waals surface area contributed by atoms with Gasteiger partial charge in [0.1, 0.15) is 0 Å². The average Bonchev–Trinajstić information content (AvgIpc) is 3.23. The van der Waals surface area contributed by atoms with Crippen molar-refractivity contribution in [3.63, 3.8) is 0 Å². The summed E-state index contributed by atoms with van der Waals surface area (Å²) in [5.41, 5.74) is 2.33. The normalized spacial score (nSPS) is 15.8. The van der Waals surface area contributed by atoms with Crippen LogP contribution in [0, 0.1) is 0 Å². The zero-order chi connectivity index (χ0) is 19.6. The van der Waals surface area contributed by atoms with Crippen molar-refractivity contribution in [2.45, 2.75) is 12.7 Å². The summed E-state index contributed by atoms with van der Waals surface area (Å²) in [7, 11) is 0. The first kappa shape index (κ1) is 18.6. The lowest BCUT2D eigenvalue weighted by Gasteiger charge is -2.36. The van der Waals surface area contributed by atoms with Crippen LogP contribution in [0.25, 0.3) is 5.69 Å². The second-order valence-electron chi connectivity index (χ2n) is 6.95. The van der Waals surface area contributed by atoms with Crippen molar-refractivity contribution in [3.05, 3.63) is 78.4 Å². The van der Waals surface area contributed by atoms with E-state index in [2.05, 4.69) is 34.1 Å². The van der Waals surface area contributed by atoms with Crippen LogP contribution >= 0.6 is 0 Å². The first-order valence-corrected chi connectivity index (χ1v) is 9.21.